The zero-order valence-corrected chi connectivity index (χ0v) is 13.9. The number of likely N-dealkylation sites (N-methyl/N-ethyl adjacent to an activating group) is 1. The fourth-order valence-electron chi connectivity index (χ4n) is 1.64. The van der Waals surface area contributed by atoms with Crippen LogP contribution in [-0.2, 0) is 4.79 Å². The minimum absolute atomic E-state index is 0.165. The van der Waals surface area contributed by atoms with Crippen LogP contribution >= 0.6 is 23.2 Å². The number of carboxylic acids is 1. The summed E-state index contributed by atoms with van der Waals surface area (Å²) in [7, 11) is 1.65. The van der Waals surface area contributed by atoms with Crippen molar-refractivity contribution >= 4 is 34.9 Å². The van der Waals surface area contributed by atoms with Crippen LogP contribution < -0.4 is 9.64 Å². The summed E-state index contributed by atoms with van der Waals surface area (Å²) >= 11 is 11.8. The van der Waals surface area contributed by atoms with E-state index in [2.05, 4.69) is 6.58 Å². The number of rotatable bonds is 7. The smallest absolute Gasteiger partial charge is 0.323 e. The van der Waals surface area contributed by atoms with E-state index in [1.165, 1.54) is 6.08 Å². The van der Waals surface area contributed by atoms with Crippen LogP contribution in [0.25, 0.3) is 0 Å². The first-order valence-electron chi connectivity index (χ1n) is 6.40. The molecule has 0 heterocycles. The molecule has 22 heavy (non-hydrogen) atoms. The Morgan fingerprint density at radius 1 is 1.45 bits per heavy atom. The van der Waals surface area contributed by atoms with Crippen molar-refractivity contribution < 1.29 is 14.6 Å². The Kier molecular flexibility index (Phi) is 7.02. The third kappa shape index (κ3) is 5.84. The lowest BCUT2D eigenvalue weighted by Crippen LogP contribution is -2.25. The van der Waals surface area contributed by atoms with Crippen LogP contribution in [-0.4, -0.2) is 24.7 Å². The van der Waals surface area contributed by atoms with Gasteiger partial charge < -0.3 is 14.7 Å². The van der Waals surface area contributed by atoms with Crippen molar-refractivity contribution in [2.24, 2.45) is 0 Å². The van der Waals surface area contributed by atoms with E-state index >= 15 is 0 Å². The van der Waals surface area contributed by atoms with Crippen LogP contribution in [0.1, 0.15) is 6.92 Å². The average Bonchev–Trinajstić information content (AvgIpc) is 2.45. The highest BCUT2D eigenvalue weighted by Gasteiger charge is 2.13. The predicted octanol–water partition coefficient (Wildman–Crippen LogP) is 4.45. The number of carboxylic acid groups (broad SMARTS) is 1. The Labute approximate surface area is 139 Å². The second kappa shape index (κ2) is 8.51. The number of carbonyl (C=O) groups is 1. The minimum Gasteiger partial charge on any atom is -0.480 e. The summed E-state index contributed by atoms with van der Waals surface area (Å²) in [5, 5.41) is 9.89. The molecule has 0 atom stereocenters. The summed E-state index contributed by atoms with van der Waals surface area (Å²) < 4.78 is 5.73. The molecule has 1 rings (SSSR count). The van der Waals surface area contributed by atoms with Gasteiger partial charge in [0.15, 0.2) is 0 Å². The maximum Gasteiger partial charge on any atom is 0.323 e. The third-order valence-corrected chi connectivity index (χ3v) is 3.16. The largest absolute Gasteiger partial charge is 0.480 e. The Bertz CT molecular complexity index is 624. The molecule has 118 valence electrons. The van der Waals surface area contributed by atoms with E-state index in [0.717, 1.165) is 0 Å². The van der Waals surface area contributed by atoms with Crippen molar-refractivity contribution in [3.63, 3.8) is 0 Å². The van der Waals surface area contributed by atoms with E-state index in [0.29, 0.717) is 27.3 Å². The van der Waals surface area contributed by atoms with Crippen LogP contribution in [0.15, 0.2) is 53.8 Å². The van der Waals surface area contributed by atoms with E-state index in [-0.39, 0.29) is 6.54 Å². The number of halogens is 2. The molecule has 0 amide bonds. The molecule has 4 nitrogen and oxygen atoms in total. The van der Waals surface area contributed by atoms with Crippen molar-refractivity contribution in [3.8, 4) is 5.75 Å². The lowest BCUT2D eigenvalue weighted by Gasteiger charge is -2.21. The lowest BCUT2D eigenvalue weighted by atomic mass is 10.2. The van der Waals surface area contributed by atoms with Gasteiger partial charge in [0.25, 0.3) is 0 Å². The first-order valence-corrected chi connectivity index (χ1v) is 7.16. The molecular formula is C16H17Cl2NO3. The van der Waals surface area contributed by atoms with Crippen molar-refractivity contribution in [3.05, 3.63) is 58.8 Å². The summed E-state index contributed by atoms with van der Waals surface area (Å²) in [4.78, 5) is 12.4. The molecule has 0 unspecified atom stereocenters. The topological polar surface area (TPSA) is 49.8 Å². The number of allylic oxidation sites excluding steroid dienone is 5. The highest BCUT2D eigenvalue weighted by Crippen LogP contribution is 2.32. The zero-order valence-electron chi connectivity index (χ0n) is 12.3. The minimum atomic E-state index is -0.943. The first-order chi connectivity index (χ1) is 10.3. The molecule has 0 saturated heterocycles. The molecular weight excluding hydrogens is 325 g/mol. The van der Waals surface area contributed by atoms with Gasteiger partial charge in [0, 0.05) is 17.1 Å². The second-order valence-corrected chi connectivity index (χ2v) is 5.37. The van der Waals surface area contributed by atoms with Crippen LogP contribution in [0.2, 0.25) is 5.02 Å². The number of ether oxygens (including phenoxy) is 1. The monoisotopic (exact) mass is 341 g/mol. The Morgan fingerprint density at radius 2 is 2.14 bits per heavy atom. The van der Waals surface area contributed by atoms with Crippen LogP contribution in [0.3, 0.4) is 0 Å². The fraction of sp³-hybridized carbons (Fsp3) is 0.188. The molecule has 0 saturated carbocycles. The molecule has 0 aliphatic carbocycles. The standard InChI is InChI=1S/C16H17Cl2NO3/c1-4-12(17)6-5-11(2)22-15-8-7-13(18)9-14(15)19(3)10-16(20)21/h4-9H,1,10H2,2-3H3,(H,20,21)/b11-5+,12-6+. The van der Waals surface area contributed by atoms with Gasteiger partial charge in [0.1, 0.15) is 18.1 Å². The molecule has 0 aromatic heterocycles. The van der Waals surface area contributed by atoms with Crippen LogP contribution in [0, 0.1) is 0 Å². The number of anilines is 1. The van der Waals surface area contributed by atoms with Gasteiger partial charge in [-0.15, -0.1) is 0 Å². The summed E-state index contributed by atoms with van der Waals surface area (Å²) in [5.74, 6) is 0.152. The van der Waals surface area contributed by atoms with Crippen molar-refractivity contribution in [1.29, 1.82) is 0 Å². The van der Waals surface area contributed by atoms with Gasteiger partial charge in [-0.05, 0) is 37.3 Å². The molecule has 0 aliphatic rings. The molecule has 0 radical (unpaired) electrons. The van der Waals surface area contributed by atoms with E-state index in [1.54, 1.807) is 49.2 Å². The van der Waals surface area contributed by atoms with Crippen molar-refractivity contribution in [2.75, 3.05) is 18.5 Å². The Morgan fingerprint density at radius 3 is 2.73 bits per heavy atom. The van der Waals surface area contributed by atoms with Crippen LogP contribution in [0.4, 0.5) is 5.69 Å². The van der Waals surface area contributed by atoms with Gasteiger partial charge in [0.05, 0.1) is 5.69 Å². The fourth-order valence-corrected chi connectivity index (χ4v) is 1.87. The molecule has 0 fully saturated rings. The van der Waals surface area contributed by atoms with Crippen LogP contribution in [0.5, 0.6) is 5.75 Å². The lowest BCUT2D eigenvalue weighted by molar-refractivity contribution is -0.135. The third-order valence-electron chi connectivity index (χ3n) is 2.65. The van der Waals surface area contributed by atoms with Gasteiger partial charge in [-0.1, -0.05) is 35.9 Å². The number of hydrogen-bond acceptors (Lipinski definition) is 3. The maximum absolute atomic E-state index is 10.9. The maximum atomic E-state index is 10.9. The average molecular weight is 342 g/mol. The van der Waals surface area contributed by atoms with E-state index in [4.69, 9.17) is 33.0 Å². The molecule has 6 heteroatoms. The summed E-state index contributed by atoms with van der Waals surface area (Å²) in [5.41, 5.74) is 0.585. The van der Waals surface area contributed by atoms with Gasteiger partial charge in [-0.3, -0.25) is 4.79 Å². The molecule has 1 N–H and O–H groups in total. The highest BCUT2D eigenvalue weighted by atomic mass is 35.5. The normalized spacial score (nSPS) is 12.0. The quantitative estimate of drug-likeness (QED) is 0.587. The number of hydrogen-bond donors (Lipinski definition) is 1. The Balaban J connectivity index is 3.04. The number of benzene rings is 1. The summed E-state index contributed by atoms with van der Waals surface area (Å²) in [6, 6.07) is 5.01. The zero-order chi connectivity index (χ0) is 16.7. The highest BCUT2D eigenvalue weighted by molar-refractivity contribution is 6.31. The molecule has 1 aromatic carbocycles. The Hall–Kier alpha value is -1.91. The summed E-state index contributed by atoms with van der Waals surface area (Å²) in [6.45, 7) is 5.15. The number of aliphatic carboxylic acids is 1. The SMILES string of the molecule is C=C/C(Cl)=C\C=C(/C)Oc1ccc(Cl)cc1N(C)CC(=O)O. The summed E-state index contributed by atoms with van der Waals surface area (Å²) in [6.07, 6.45) is 4.86. The predicted molar refractivity (Wildman–Crippen MR) is 90.9 cm³/mol. The van der Waals surface area contributed by atoms with E-state index in [9.17, 15) is 4.79 Å². The van der Waals surface area contributed by atoms with Crippen molar-refractivity contribution in [2.45, 2.75) is 6.92 Å². The van der Waals surface area contributed by atoms with E-state index < -0.39 is 5.97 Å². The van der Waals surface area contributed by atoms with E-state index in [1.807, 2.05) is 0 Å². The van der Waals surface area contributed by atoms with Gasteiger partial charge in [0.2, 0.25) is 0 Å². The van der Waals surface area contributed by atoms with Crippen molar-refractivity contribution in [1.82, 2.24) is 0 Å². The molecule has 0 aliphatic heterocycles. The van der Waals surface area contributed by atoms with Gasteiger partial charge >= 0.3 is 5.97 Å². The first kappa shape index (κ1) is 18.1. The number of nitrogens with zero attached hydrogens (tertiary/aromatic N) is 1. The van der Waals surface area contributed by atoms with Gasteiger partial charge in [-0.25, -0.2) is 0 Å². The molecule has 0 spiro atoms. The van der Waals surface area contributed by atoms with Gasteiger partial charge in [-0.2, -0.15) is 0 Å². The second-order valence-electron chi connectivity index (χ2n) is 4.50. The molecule has 0 bridgehead atoms. The molecule has 1 aromatic rings.